The third kappa shape index (κ3) is 3.23. The van der Waals surface area contributed by atoms with E-state index in [0.29, 0.717) is 0 Å². The van der Waals surface area contributed by atoms with Crippen LogP contribution >= 0.6 is 0 Å². The average Bonchev–Trinajstić information content (AvgIpc) is 2.85. The molecular formula is C17H33BLiN. The van der Waals surface area contributed by atoms with Gasteiger partial charge in [-0.25, -0.2) is 0 Å². The summed E-state index contributed by atoms with van der Waals surface area (Å²) < 4.78 is 2.38. The van der Waals surface area contributed by atoms with Gasteiger partial charge in [-0.1, -0.05) is 66.9 Å². The molecule has 0 bridgehead atoms. The van der Waals surface area contributed by atoms with E-state index in [1.54, 1.807) is 5.59 Å². The minimum Gasteiger partial charge on any atom is -0.392 e. The van der Waals surface area contributed by atoms with Gasteiger partial charge in [0.05, 0.1) is 6.15 Å². The molecule has 3 unspecified atom stereocenters. The zero-order valence-corrected chi connectivity index (χ0v) is 15.1. The van der Waals surface area contributed by atoms with E-state index in [9.17, 15) is 0 Å². The summed E-state index contributed by atoms with van der Waals surface area (Å²) in [5.41, 5.74) is 1.60. The minimum atomic E-state index is -0.514. The molecule has 0 aliphatic rings. The molecular weight excluding hydrogens is 236 g/mol. The zero-order valence-electron chi connectivity index (χ0n) is 15.1. The van der Waals surface area contributed by atoms with Crippen LogP contribution < -0.4 is 24.5 Å². The maximum atomic E-state index is 2.48. The molecule has 0 N–H and O–H groups in total. The standard InChI is InChI=1S/C17H33BN.Li/c1-8-14(4)18(15(5)9-2,16(6)10-3)17-12-11-13-19(17)7;/h11-16H,8-10H2,1-7H3;/q-1;+1. The van der Waals surface area contributed by atoms with Gasteiger partial charge in [0.25, 0.3) is 0 Å². The largest absolute Gasteiger partial charge is 1.00 e. The number of hydrogen-bond acceptors (Lipinski definition) is 0. The average molecular weight is 269 g/mol. The summed E-state index contributed by atoms with van der Waals surface area (Å²) in [5, 5.41) is 0. The van der Waals surface area contributed by atoms with Gasteiger partial charge in [0.2, 0.25) is 0 Å². The summed E-state index contributed by atoms with van der Waals surface area (Å²) in [5.74, 6) is 2.33. The Morgan fingerprint density at radius 2 is 1.35 bits per heavy atom. The molecule has 1 aromatic rings. The predicted octanol–water partition coefficient (Wildman–Crippen LogP) is 2.09. The van der Waals surface area contributed by atoms with Crippen molar-refractivity contribution >= 4 is 11.7 Å². The Kier molecular flexibility index (Phi) is 8.38. The molecule has 1 nitrogen and oxygen atoms in total. The molecule has 0 aliphatic carbocycles. The smallest absolute Gasteiger partial charge is 0.392 e. The van der Waals surface area contributed by atoms with Crippen LogP contribution in [0.1, 0.15) is 60.8 Å². The van der Waals surface area contributed by atoms with Crippen LogP contribution in [0.4, 0.5) is 0 Å². The molecule has 0 radical (unpaired) electrons. The van der Waals surface area contributed by atoms with E-state index in [1.165, 1.54) is 19.3 Å². The van der Waals surface area contributed by atoms with E-state index in [0.717, 1.165) is 17.5 Å². The number of hydrogen-bond donors (Lipinski definition) is 0. The van der Waals surface area contributed by atoms with Gasteiger partial charge in [0.15, 0.2) is 0 Å². The quantitative estimate of drug-likeness (QED) is 0.668. The van der Waals surface area contributed by atoms with Gasteiger partial charge in [-0.15, -0.1) is 5.59 Å². The normalized spacial score (nSPS) is 18.8. The van der Waals surface area contributed by atoms with Crippen LogP contribution in [0.5, 0.6) is 0 Å². The predicted molar refractivity (Wildman–Crippen MR) is 89.9 cm³/mol. The first-order valence-electron chi connectivity index (χ1n) is 8.25. The number of aryl methyl sites for hydroxylation is 1. The van der Waals surface area contributed by atoms with Crippen LogP contribution in [0, 0.1) is 0 Å². The van der Waals surface area contributed by atoms with Crippen molar-refractivity contribution in [3.63, 3.8) is 0 Å². The molecule has 0 aromatic carbocycles. The number of rotatable bonds is 7. The fourth-order valence-corrected chi connectivity index (χ4v) is 4.72. The summed E-state index contributed by atoms with van der Waals surface area (Å²) in [6, 6.07) is 4.60. The molecule has 110 valence electrons. The van der Waals surface area contributed by atoms with Crippen molar-refractivity contribution in [1.82, 2.24) is 4.57 Å². The zero-order chi connectivity index (χ0) is 14.6. The van der Waals surface area contributed by atoms with Crippen molar-refractivity contribution in [1.29, 1.82) is 0 Å². The monoisotopic (exact) mass is 269 g/mol. The van der Waals surface area contributed by atoms with Gasteiger partial charge in [-0.2, -0.15) is 17.5 Å². The fraction of sp³-hybridized carbons (Fsp3) is 0.765. The molecule has 0 saturated heterocycles. The van der Waals surface area contributed by atoms with Crippen molar-refractivity contribution in [3.8, 4) is 0 Å². The van der Waals surface area contributed by atoms with Gasteiger partial charge in [0, 0.05) is 7.05 Å². The Balaban J connectivity index is 0.00000361. The van der Waals surface area contributed by atoms with Crippen LogP contribution in [0.15, 0.2) is 18.3 Å². The van der Waals surface area contributed by atoms with Crippen LogP contribution in [0.25, 0.3) is 0 Å². The fourth-order valence-electron chi connectivity index (χ4n) is 4.72. The minimum absolute atomic E-state index is 0. The second-order valence-electron chi connectivity index (χ2n) is 6.78. The molecule has 3 atom stereocenters. The summed E-state index contributed by atoms with van der Waals surface area (Å²) in [6.07, 6.45) is 5.54. The maximum absolute atomic E-state index is 2.48. The number of nitrogens with zero attached hydrogens (tertiary/aromatic N) is 1. The molecule has 1 aromatic heterocycles. The molecule has 0 fully saturated rings. The van der Waals surface area contributed by atoms with E-state index in [1.807, 2.05) is 0 Å². The van der Waals surface area contributed by atoms with Crippen molar-refractivity contribution in [3.05, 3.63) is 18.3 Å². The van der Waals surface area contributed by atoms with Crippen molar-refractivity contribution < 1.29 is 18.9 Å². The Morgan fingerprint density at radius 1 is 0.950 bits per heavy atom. The van der Waals surface area contributed by atoms with Crippen LogP contribution in [0.3, 0.4) is 0 Å². The molecule has 1 heterocycles. The van der Waals surface area contributed by atoms with E-state index in [2.05, 4.69) is 71.5 Å². The van der Waals surface area contributed by atoms with E-state index in [4.69, 9.17) is 0 Å². The van der Waals surface area contributed by atoms with Crippen LogP contribution in [-0.4, -0.2) is 10.7 Å². The van der Waals surface area contributed by atoms with Gasteiger partial charge >= 0.3 is 18.9 Å². The molecule has 1 rings (SSSR count). The molecule has 0 saturated carbocycles. The van der Waals surface area contributed by atoms with Crippen molar-refractivity contribution in [2.75, 3.05) is 0 Å². The van der Waals surface area contributed by atoms with Crippen LogP contribution in [-0.2, 0) is 7.05 Å². The summed E-state index contributed by atoms with van der Waals surface area (Å²) in [4.78, 5) is 0. The van der Waals surface area contributed by atoms with Crippen LogP contribution in [0.2, 0.25) is 17.5 Å². The molecule has 0 amide bonds. The Bertz CT molecular complexity index is 362. The SMILES string of the molecule is CCC(C)[B-](c1cccn1C)(C(C)CC)C(C)CC.[Li+]. The summed E-state index contributed by atoms with van der Waals surface area (Å²) in [7, 11) is 2.22. The van der Waals surface area contributed by atoms with Crippen molar-refractivity contribution in [2.24, 2.45) is 7.05 Å². The van der Waals surface area contributed by atoms with Gasteiger partial charge < -0.3 is 4.57 Å². The second-order valence-corrected chi connectivity index (χ2v) is 6.78. The first-order chi connectivity index (χ1) is 8.96. The van der Waals surface area contributed by atoms with E-state index in [-0.39, 0.29) is 18.9 Å². The Hall–Kier alpha value is -0.0577. The summed E-state index contributed by atoms with van der Waals surface area (Å²) >= 11 is 0. The Labute approximate surface area is 139 Å². The first kappa shape index (κ1) is 19.9. The molecule has 0 spiro atoms. The first-order valence-corrected chi connectivity index (χ1v) is 8.25. The topological polar surface area (TPSA) is 4.93 Å². The molecule has 3 heteroatoms. The van der Waals surface area contributed by atoms with Gasteiger partial charge in [-0.3, -0.25) is 0 Å². The molecule has 0 aliphatic heterocycles. The Morgan fingerprint density at radius 3 is 1.60 bits per heavy atom. The van der Waals surface area contributed by atoms with E-state index >= 15 is 0 Å². The van der Waals surface area contributed by atoms with Gasteiger partial charge in [-0.05, 0) is 12.3 Å². The van der Waals surface area contributed by atoms with E-state index < -0.39 is 6.15 Å². The number of aromatic nitrogens is 1. The maximum Gasteiger partial charge on any atom is 1.00 e. The second kappa shape index (κ2) is 8.40. The van der Waals surface area contributed by atoms with Gasteiger partial charge in [0.1, 0.15) is 0 Å². The third-order valence-electron chi connectivity index (χ3n) is 6.25. The molecule has 20 heavy (non-hydrogen) atoms. The summed E-state index contributed by atoms with van der Waals surface area (Å²) in [6.45, 7) is 14.5. The van der Waals surface area contributed by atoms with Crippen molar-refractivity contribution in [2.45, 2.75) is 78.3 Å². The third-order valence-corrected chi connectivity index (χ3v) is 6.25.